The van der Waals surface area contributed by atoms with Gasteiger partial charge in [-0.05, 0) is 13.0 Å². The molecule has 0 fully saturated rings. The average Bonchev–Trinajstić information content (AvgIpc) is 2.37. The second-order valence-corrected chi connectivity index (χ2v) is 4.32. The Bertz CT molecular complexity index is 464. The van der Waals surface area contributed by atoms with Crippen LogP contribution in [0.15, 0.2) is 18.2 Å². The molecule has 0 spiro atoms. The summed E-state index contributed by atoms with van der Waals surface area (Å²) < 4.78 is 4.90. The first-order valence-electron chi connectivity index (χ1n) is 5.18. The number of amides is 1. The number of rotatable bonds is 5. The minimum absolute atomic E-state index is 0.0290. The van der Waals surface area contributed by atoms with Crippen molar-refractivity contribution >= 4 is 27.5 Å². The third-order valence-electron chi connectivity index (χ3n) is 2.25. The summed E-state index contributed by atoms with van der Waals surface area (Å²) in [7, 11) is 1.32. The first kappa shape index (κ1) is 14.4. The molecule has 0 heterocycles. The molecule has 1 aromatic carbocycles. The summed E-state index contributed by atoms with van der Waals surface area (Å²) in [6.07, 6.45) is 0. The normalized spacial score (nSPS) is 11.7. The first-order valence-corrected chi connectivity index (χ1v) is 6.31. The van der Waals surface area contributed by atoms with Crippen molar-refractivity contribution in [3.63, 3.8) is 0 Å². The lowest BCUT2D eigenvalue weighted by Crippen LogP contribution is -2.33. The van der Waals surface area contributed by atoms with Crippen molar-refractivity contribution in [2.24, 2.45) is 0 Å². The molecule has 0 aliphatic rings. The summed E-state index contributed by atoms with van der Waals surface area (Å²) in [5, 5.41) is 14.1. The van der Waals surface area contributed by atoms with Crippen LogP contribution in [0.4, 0.5) is 5.69 Å². The van der Waals surface area contributed by atoms with Crippen LogP contribution >= 0.6 is 15.9 Å². The van der Waals surface area contributed by atoms with Crippen molar-refractivity contribution < 1.29 is 14.5 Å². The molecular formula is C11H13BrN2O4. The first-order chi connectivity index (χ1) is 8.49. The molecule has 6 nitrogen and oxygen atoms in total. The summed E-state index contributed by atoms with van der Waals surface area (Å²) in [5.74, 6) is -0.228. The molecule has 0 radical (unpaired) electrons. The van der Waals surface area contributed by atoms with E-state index in [1.165, 1.54) is 25.3 Å². The predicted octanol–water partition coefficient (Wildman–Crippen LogP) is 2.12. The summed E-state index contributed by atoms with van der Waals surface area (Å²) >= 11 is 3.25. The van der Waals surface area contributed by atoms with Crippen molar-refractivity contribution in [3.05, 3.63) is 33.9 Å². The van der Waals surface area contributed by atoms with Gasteiger partial charge in [0.2, 0.25) is 0 Å². The fourth-order valence-corrected chi connectivity index (χ4v) is 1.48. The number of hydrogen-bond donors (Lipinski definition) is 1. The molecule has 98 valence electrons. The van der Waals surface area contributed by atoms with Gasteiger partial charge in [0.05, 0.1) is 12.0 Å². The van der Waals surface area contributed by atoms with Crippen LogP contribution in [-0.4, -0.2) is 29.3 Å². The number of alkyl halides is 1. The van der Waals surface area contributed by atoms with Crippen molar-refractivity contribution in [1.29, 1.82) is 0 Å². The maximum Gasteiger partial charge on any atom is 0.310 e. The van der Waals surface area contributed by atoms with Crippen LogP contribution in [-0.2, 0) is 0 Å². The van der Waals surface area contributed by atoms with Crippen molar-refractivity contribution in [3.8, 4) is 5.75 Å². The maximum absolute atomic E-state index is 11.8. The zero-order valence-corrected chi connectivity index (χ0v) is 11.6. The van der Waals surface area contributed by atoms with Crippen LogP contribution in [0.5, 0.6) is 5.75 Å². The van der Waals surface area contributed by atoms with E-state index in [9.17, 15) is 14.9 Å². The lowest BCUT2D eigenvalue weighted by atomic mass is 10.1. The molecule has 0 bridgehead atoms. The Hall–Kier alpha value is -1.63. The number of carbonyl (C=O) groups is 1. The van der Waals surface area contributed by atoms with Gasteiger partial charge < -0.3 is 10.1 Å². The number of benzene rings is 1. The van der Waals surface area contributed by atoms with E-state index in [2.05, 4.69) is 21.2 Å². The second-order valence-electron chi connectivity index (χ2n) is 3.67. The fourth-order valence-electron chi connectivity index (χ4n) is 1.32. The van der Waals surface area contributed by atoms with E-state index >= 15 is 0 Å². The number of methoxy groups -OCH3 is 1. The number of nitro benzene ring substituents is 1. The molecule has 0 aromatic heterocycles. The number of hydrogen-bond acceptors (Lipinski definition) is 4. The Balaban J connectivity index is 2.98. The summed E-state index contributed by atoms with van der Waals surface area (Å²) in [6, 6.07) is 3.98. The Labute approximate surface area is 113 Å². The predicted molar refractivity (Wildman–Crippen MR) is 70.4 cm³/mol. The van der Waals surface area contributed by atoms with Crippen molar-refractivity contribution in [1.82, 2.24) is 5.32 Å². The minimum Gasteiger partial charge on any atom is -0.490 e. The van der Waals surface area contributed by atoms with E-state index in [0.717, 1.165) is 0 Å². The van der Waals surface area contributed by atoms with Gasteiger partial charge in [0.25, 0.3) is 5.91 Å². The van der Waals surface area contributed by atoms with Gasteiger partial charge in [0.1, 0.15) is 0 Å². The molecule has 1 atom stereocenters. The van der Waals surface area contributed by atoms with Gasteiger partial charge in [-0.2, -0.15) is 0 Å². The van der Waals surface area contributed by atoms with Gasteiger partial charge in [-0.3, -0.25) is 14.9 Å². The van der Waals surface area contributed by atoms with Crippen LogP contribution in [0.1, 0.15) is 17.3 Å². The zero-order chi connectivity index (χ0) is 13.7. The highest BCUT2D eigenvalue weighted by molar-refractivity contribution is 9.09. The largest absolute Gasteiger partial charge is 0.490 e. The van der Waals surface area contributed by atoms with Crippen molar-refractivity contribution in [2.75, 3.05) is 12.4 Å². The molecule has 1 N–H and O–H groups in total. The van der Waals surface area contributed by atoms with Gasteiger partial charge >= 0.3 is 5.69 Å². The zero-order valence-electron chi connectivity index (χ0n) is 9.97. The molecule has 1 rings (SSSR count). The maximum atomic E-state index is 11.8. The van der Waals surface area contributed by atoms with Crippen LogP contribution in [0, 0.1) is 10.1 Å². The smallest absolute Gasteiger partial charge is 0.310 e. The fraction of sp³-hybridized carbons (Fsp3) is 0.364. The summed E-state index contributed by atoms with van der Waals surface area (Å²) in [5.41, 5.74) is 0.160. The lowest BCUT2D eigenvalue weighted by Gasteiger charge is -2.11. The highest BCUT2D eigenvalue weighted by Gasteiger charge is 2.17. The van der Waals surface area contributed by atoms with E-state index in [1.807, 2.05) is 6.92 Å². The molecule has 0 saturated heterocycles. The Morgan fingerprint density at radius 2 is 2.28 bits per heavy atom. The monoisotopic (exact) mass is 316 g/mol. The molecular weight excluding hydrogens is 304 g/mol. The number of ether oxygens (including phenoxy) is 1. The standard InChI is InChI=1S/C11H13BrN2O4/c1-7(6-12)13-11(15)8-3-4-9(14(16)17)10(5-8)18-2/h3-5,7H,6H2,1-2H3,(H,13,15). The number of carbonyl (C=O) groups excluding carboxylic acids is 1. The molecule has 1 amide bonds. The highest BCUT2D eigenvalue weighted by atomic mass is 79.9. The molecule has 1 aromatic rings. The highest BCUT2D eigenvalue weighted by Crippen LogP contribution is 2.27. The van der Waals surface area contributed by atoms with E-state index in [-0.39, 0.29) is 23.4 Å². The average molecular weight is 317 g/mol. The molecule has 0 aliphatic carbocycles. The third kappa shape index (κ3) is 3.43. The van der Waals surface area contributed by atoms with Gasteiger partial charge in [-0.25, -0.2) is 0 Å². The van der Waals surface area contributed by atoms with Gasteiger partial charge in [-0.15, -0.1) is 0 Å². The number of nitro groups is 1. The minimum atomic E-state index is -0.554. The van der Waals surface area contributed by atoms with Gasteiger partial charge in [-0.1, -0.05) is 15.9 Å². The van der Waals surface area contributed by atoms with Crippen LogP contribution < -0.4 is 10.1 Å². The van der Waals surface area contributed by atoms with E-state index in [4.69, 9.17) is 4.74 Å². The van der Waals surface area contributed by atoms with Gasteiger partial charge in [0.15, 0.2) is 5.75 Å². The molecule has 0 saturated carbocycles. The van der Waals surface area contributed by atoms with Crippen LogP contribution in [0.25, 0.3) is 0 Å². The second kappa shape index (κ2) is 6.34. The van der Waals surface area contributed by atoms with E-state index in [1.54, 1.807) is 0 Å². The van der Waals surface area contributed by atoms with Gasteiger partial charge in [0, 0.05) is 29.1 Å². The number of nitrogens with zero attached hydrogens (tertiary/aromatic N) is 1. The Morgan fingerprint density at radius 3 is 2.78 bits per heavy atom. The number of nitrogens with one attached hydrogen (secondary N) is 1. The molecule has 7 heteroatoms. The quantitative estimate of drug-likeness (QED) is 0.512. The van der Waals surface area contributed by atoms with E-state index in [0.29, 0.717) is 10.9 Å². The Morgan fingerprint density at radius 1 is 1.61 bits per heavy atom. The Kier molecular flexibility index (Phi) is 5.08. The summed E-state index contributed by atoms with van der Waals surface area (Å²) in [6.45, 7) is 1.84. The van der Waals surface area contributed by atoms with E-state index < -0.39 is 4.92 Å². The van der Waals surface area contributed by atoms with Crippen LogP contribution in [0.2, 0.25) is 0 Å². The third-order valence-corrected chi connectivity index (χ3v) is 3.22. The molecule has 1 unspecified atom stereocenters. The topological polar surface area (TPSA) is 81.5 Å². The summed E-state index contributed by atoms with van der Waals surface area (Å²) in [4.78, 5) is 22.0. The molecule has 18 heavy (non-hydrogen) atoms. The number of halogens is 1. The lowest BCUT2D eigenvalue weighted by molar-refractivity contribution is -0.385. The van der Waals surface area contributed by atoms with Crippen LogP contribution in [0.3, 0.4) is 0 Å². The SMILES string of the molecule is COc1cc(C(=O)NC(C)CBr)ccc1[N+](=O)[O-]. The van der Waals surface area contributed by atoms with Crippen molar-refractivity contribution in [2.45, 2.75) is 13.0 Å². The molecule has 0 aliphatic heterocycles.